The Morgan fingerprint density at radius 1 is 1.67 bits per heavy atom. The van der Waals surface area contributed by atoms with Crippen molar-refractivity contribution in [1.82, 2.24) is 4.98 Å². The summed E-state index contributed by atoms with van der Waals surface area (Å²) in [7, 11) is 3.63. The molecule has 3 heteroatoms. The van der Waals surface area contributed by atoms with Crippen LogP contribution in [0.25, 0.3) is 0 Å². The Morgan fingerprint density at radius 2 is 2.44 bits per heavy atom. The molecule has 0 atom stereocenters. The van der Waals surface area contributed by atoms with Gasteiger partial charge in [0.05, 0.1) is 13.3 Å². The fraction of sp³-hybridized carbons (Fsp3) is 0.167. The van der Waals surface area contributed by atoms with Gasteiger partial charge in [-0.2, -0.15) is 0 Å². The molecule has 0 N–H and O–H groups in total. The van der Waals surface area contributed by atoms with Gasteiger partial charge in [0, 0.05) is 6.20 Å². The first-order valence-electron chi connectivity index (χ1n) is 2.79. The van der Waals surface area contributed by atoms with E-state index < -0.39 is 0 Å². The minimum atomic E-state index is 0.845. The topological polar surface area (TPSA) is 22.1 Å². The van der Waals surface area contributed by atoms with Crippen molar-refractivity contribution < 1.29 is 4.74 Å². The molecule has 0 fully saturated rings. The van der Waals surface area contributed by atoms with Gasteiger partial charge in [-0.25, -0.2) is 0 Å². The van der Waals surface area contributed by atoms with Crippen LogP contribution in [0.4, 0.5) is 0 Å². The lowest BCUT2D eigenvalue weighted by Crippen LogP contribution is -2.06. The van der Waals surface area contributed by atoms with Gasteiger partial charge in [0.25, 0.3) is 0 Å². The van der Waals surface area contributed by atoms with Crippen LogP contribution in [0.5, 0.6) is 5.75 Å². The summed E-state index contributed by atoms with van der Waals surface area (Å²) in [5.74, 6) is 0.845. The van der Waals surface area contributed by atoms with E-state index in [9.17, 15) is 0 Å². The standard InChI is InChI=1S/C6H8BNO/c1-9-6-4-8-3-2-5(6)7/h2-4H,7H2,1H3. The SMILES string of the molecule is Bc1ccncc1OC. The van der Waals surface area contributed by atoms with Crippen LogP contribution in [-0.2, 0) is 0 Å². The highest BCUT2D eigenvalue weighted by Gasteiger charge is 1.92. The Kier molecular flexibility index (Phi) is 1.73. The van der Waals surface area contributed by atoms with Gasteiger partial charge >= 0.3 is 0 Å². The summed E-state index contributed by atoms with van der Waals surface area (Å²) < 4.78 is 4.98. The summed E-state index contributed by atoms with van der Waals surface area (Å²) in [5, 5.41) is 0. The maximum absolute atomic E-state index is 4.98. The summed E-state index contributed by atoms with van der Waals surface area (Å²) in [6.45, 7) is 0. The first-order valence-corrected chi connectivity index (χ1v) is 2.79. The van der Waals surface area contributed by atoms with E-state index >= 15 is 0 Å². The highest BCUT2D eigenvalue weighted by Crippen LogP contribution is 1.98. The number of ether oxygens (including phenoxy) is 1. The van der Waals surface area contributed by atoms with Crippen LogP contribution in [0.2, 0.25) is 0 Å². The Balaban J connectivity index is 3.01. The van der Waals surface area contributed by atoms with Gasteiger partial charge < -0.3 is 4.74 Å². The fourth-order valence-corrected chi connectivity index (χ4v) is 0.663. The zero-order valence-corrected chi connectivity index (χ0v) is 5.59. The first kappa shape index (κ1) is 6.14. The molecule has 0 aliphatic carbocycles. The van der Waals surface area contributed by atoms with Crippen LogP contribution in [0.1, 0.15) is 0 Å². The van der Waals surface area contributed by atoms with E-state index in [1.807, 2.05) is 13.9 Å². The van der Waals surface area contributed by atoms with E-state index in [4.69, 9.17) is 4.74 Å². The summed E-state index contributed by atoms with van der Waals surface area (Å²) in [5.41, 5.74) is 1.12. The lowest BCUT2D eigenvalue weighted by Gasteiger charge is -2.00. The number of nitrogens with zero attached hydrogens (tertiary/aromatic N) is 1. The molecule has 0 aromatic carbocycles. The second-order valence-corrected chi connectivity index (χ2v) is 1.85. The average Bonchev–Trinajstić information content (AvgIpc) is 1.89. The predicted octanol–water partition coefficient (Wildman–Crippen LogP) is -0.651. The van der Waals surface area contributed by atoms with Gasteiger partial charge in [0.1, 0.15) is 13.6 Å². The van der Waals surface area contributed by atoms with E-state index in [2.05, 4.69) is 4.98 Å². The molecular weight excluding hydrogens is 113 g/mol. The van der Waals surface area contributed by atoms with Crippen LogP contribution < -0.4 is 10.2 Å². The molecule has 0 aliphatic rings. The van der Waals surface area contributed by atoms with Crippen molar-refractivity contribution in [2.24, 2.45) is 0 Å². The lowest BCUT2D eigenvalue weighted by molar-refractivity contribution is 0.416. The summed E-state index contributed by atoms with van der Waals surface area (Å²) in [6, 6.07) is 1.92. The third kappa shape index (κ3) is 1.22. The summed E-state index contributed by atoms with van der Waals surface area (Å²) in [4.78, 5) is 3.89. The van der Waals surface area contributed by atoms with Gasteiger partial charge in [0.2, 0.25) is 0 Å². The average molecular weight is 121 g/mol. The van der Waals surface area contributed by atoms with Gasteiger partial charge in [-0.3, -0.25) is 4.98 Å². The van der Waals surface area contributed by atoms with Crippen molar-refractivity contribution in [1.29, 1.82) is 0 Å². The van der Waals surface area contributed by atoms with E-state index in [1.54, 1.807) is 19.5 Å². The number of rotatable bonds is 1. The molecule has 1 rings (SSSR count). The van der Waals surface area contributed by atoms with Gasteiger partial charge in [0.15, 0.2) is 0 Å². The largest absolute Gasteiger partial charge is 0.496 e. The molecule has 0 spiro atoms. The minimum absolute atomic E-state index is 0.845. The first-order chi connectivity index (χ1) is 4.34. The van der Waals surface area contributed by atoms with Crippen molar-refractivity contribution >= 4 is 13.3 Å². The predicted molar refractivity (Wildman–Crippen MR) is 39.0 cm³/mol. The lowest BCUT2D eigenvalue weighted by atomic mass is 9.97. The highest BCUT2D eigenvalue weighted by molar-refractivity contribution is 6.34. The zero-order valence-electron chi connectivity index (χ0n) is 5.59. The van der Waals surface area contributed by atoms with Crippen molar-refractivity contribution in [2.45, 2.75) is 0 Å². The van der Waals surface area contributed by atoms with Crippen molar-refractivity contribution in [2.75, 3.05) is 7.11 Å². The van der Waals surface area contributed by atoms with Crippen molar-refractivity contribution in [3.05, 3.63) is 18.5 Å². The molecule has 0 bridgehead atoms. The Morgan fingerprint density at radius 3 is 2.89 bits per heavy atom. The maximum Gasteiger partial charge on any atom is 0.144 e. The zero-order chi connectivity index (χ0) is 6.69. The van der Waals surface area contributed by atoms with Crippen LogP contribution in [0.15, 0.2) is 18.5 Å². The fourth-order valence-electron chi connectivity index (χ4n) is 0.663. The Labute approximate surface area is 55.3 Å². The van der Waals surface area contributed by atoms with E-state index in [-0.39, 0.29) is 0 Å². The number of hydrogen-bond acceptors (Lipinski definition) is 2. The number of pyridine rings is 1. The smallest absolute Gasteiger partial charge is 0.144 e. The molecule has 1 heterocycles. The summed E-state index contributed by atoms with van der Waals surface area (Å²) >= 11 is 0. The van der Waals surface area contributed by atoms with E-state index in [0.29, 0.717) is 0 Å². The molecule has 2 nitrogen and oxygen atoms in total. The number of hydrogen-bond donors (Lipinski definition) is 0. The normalized spacial score (nSPS) is 9.00. The summed E-state index contributed by atoms with van der Waals surface area (Å²) in [6.07, 6.45) is 3.45. The molecule has 0 aliphatic heterocycles. The van der Waals surface area contributed by atoms with Crippen LogP contribution >= 0.6 is 0 Å². The molecule has 9 heavy (non-hydrogen) atoms. The molecule has 0 radical (unpaired) electrons. The Bertz CT molecular complexity index is 202. The molecule has 1 aromatic rings. The van der Waals surface area contributed by atoms with Gasteiger partial charge in [-0.15, -0.1) is 0 Å². The number of methoxy groups -OCH3 is 1. The van der Waals surface area contributed by atoms with E-state index in [0.717, 1.165) is 11.2 Å². The number of aromatic nitrogens is 1. The van der Waals surface area contributed by atoms with Crippen molar-refractivity contribution in [3.63, 3.8) is 0 Å². The van der Waals surface area contributed by atoms with Crippen LogP contribution in [0.3, 0.4) is 0 Å². The van der Waals surface area contributed by atoms with Gasteiger partial charge in [-0.05, 0) is 11.5 Å². The molecule has 0 saturated heterocycles. The molecule has 1 aromatic heterocycles. The minimum Gasteiger partial charge on any atom is -0.496 e. The second kappa shape index (κ2) is 2.53. The molecule has 0 saturated carbocycles. The molecule has 0 unspecified atom stereocenters. The van der Waals surface area contributed by atoms with Crippen molar-refractivity contribution in [3.8, 4) is 5.75 Å². The van der Waals surface area contributed by atoms with Gasteiger partial charge in [-0.1, -0.05) is 0 Å². The maximum atomic E-state index is 4.98. The Hall–Kier alpha value is -0.985. The van der Waals surface area contributed by atoms with E-state index in [1.165, 1.54) is 0 Å². The second-order valence-electron chi connectivity index (χ2n) is 1.85. The highest BCUT2D eigenvalue weighted by atomic mass is 16.5. The van der Waals surface area contributed by atoms with Crippen LogP contribution in [-0.4, -0.2) is 19.9 Å². The molecular formula is C6H8BNO. The quantitative estimate of drug-likeness (QED) is 0.460. The third-order valence-electron chi connectivity index (χ3n) is 1.21. The molecule has 46 valence electrons. The molecule has 0 amide bonds. The monoisotopic (exact) mass is 121 g/mol. The third-order valence-corrected chi connectivity index (χ3v) is 1.21. The van der Waals surface area contributed by atoms with Crippen LogP contribution in [0, 0.1) is 0 Å².